The number of amides is 1. The van der Waals surface area contributed by atoms with Crippen LogP contribution >= 0.6 is 0 Å². The number of benzene rings is 1. The summed E-state index contributed by atoms with van der Waals surface area (Å²) in [7, 11) is -3.96. The van der Waals surface area contributed by atoms with Crippen LogP contribution in [0, 0.1) is 12.8 Å². The standard InChI is InChI=1S/C25H35N7O3S/c1-17-7-11-32(20(13-17)15-26)24(33)23(4-3-8-27-25-28-9-10-29-25)31-36(34,35)21-5-6-22-19(14-21)12-18(2)16-30-22/h5-6,9-10,12,14,16-17,20,23,31H,3-4,7-8,11,13,15,26H2,1-2H3,(H2,27,28,29)/t17?,20?,23-/m0/s1. The van der Waals surface area contributed by atoms with Crippen LogP contribution in [0.4, 0.5) is 5.95 Å². The Kier molecular flexibility index (Phi) is 8.22. The number of sulfonamides is 1. The van der Waals surface area contributed by atoms with E-state index in [-0.39, 0.29) is 16.8 Å². The minimum atomic E-state index is -3.96. The van der Waals surface area contributed by atoms with E-state index in [9.17, 15) is 13.2 Å². The molecular formula is C25H35N7O3S. The number of H-pyrrole nitrogens is 1. The van der Waals surface area contributed by atoms with Gasteiger partial charge in [0, 0.05) is 49.7 Å². The summed E-state index contributed by atoms with van der Waals surface area (Å²) in [5, 5.41) is 3.88. The Morgan fingerprint density at radius 1 is 1.31 bits per heavy atom. The van der Waals surface area contributed by atoms with Gasteiger partial charge in [0.15, 0.2) is 5.95 Å². The zero-order chi connectivity index (χ0) is 25.7. The number of aromatic amines is 1. The summed E-state index contributed by atoms with van der Waals surface area (Å²) in [4.78, 5) is 27.0. The first kappa shape index (κ1) is 26.1. The van der Waals surface area contributed by atoms with Gasteiger partial charge in [0.1, 0.15) is 6.04 Å². The number of anilines is 1. The van der Waals surface area contributed by atoms with Crippen LogP contribution in [0.2, 0.25) is 0 Å². The smallest absolute Gasteiger partial charge is 0.241 e. The lowest BCUT2D eigenvalue weighted by atomic mass is 9.91. The van der Waals surface area contributed by atoms with Crippen LogP contribution in [-0.2, 0) is 14.8 Å². The zero-order valence-corrected chi connectivity index (χ0v) is 21.6. The molecule has 1 amide bonds. The molecule has 0 radical (unpaired) electrons. The van der Waals surface area contributed by atoms with Crippen molar-refractivity contribution in [2.45, 2.75) is 56.5 Å². The van der Waals surface area contributed by atoms with Gasteiger partial charge in [0.05, 0.1) is 10.4 Å². The number of aromatic nitrogens is 3. The molecule has 3 aromatic rings. The average molecular weight is 514 g/mol. The lowest BCUT2D eigenvalue weighted by Gasteiger charge is -2.39. The van der Waals surface area contributed by atoms with Crippen LogP contribution < -0.4 is 15.8 Å². The molecule has 36 heavy (non-hydrogen) atoms. The number of likely N-dealkylation sites (tertiary alicyclic amines) is 1. The van der Waals surface area contributed by atoms with E-state index in [1.807, 2.05) is 13.0 Å². The summed E-state index contributed by atoms with van der Waals surface area (Å²) in [6.45, 7) is 5.53. The van der Waals surface area contributed by atoms with Crippen LogP contribution in [-0.4, -0.2) is 65.9 Å². The van der Waals surface area contributed by atoms with Gasteiger partial charge in [-0.2, -0.15) is 4.72 Å². The molecule has 0 spiro atoms. The summed E-state index contributed by atoms with van der Waals surface area (Å²) in [6, 6.07) is 5.71. The van der Waals surface area contributed by atoms with Crippen molar-refractivity contribution in [2.75, 3.05) is 25.0 Å². The third-order valence-electron chi connectivity index (χ3n) is 6.69. The Morgan fingerprint density at radius 3 is 2.89 bits per heavy atom. The van der Waals surface area contributed by atoms with E-state index in [1.165, 1.54) is 6.07 Å². The number of piperidine rings is 1. The van der Waals surface area contributed by atoms with E-state index in [0.29, 0.717) is 49.9 Å². The molecule has 1 fully saturated rings. The molecule has 5 N–H and O–H groups in total. The third kappa shape index (κ3) is 6.21. The van der Waals surface area contributed by atoms with Crippen LogP contribution in [0.15, 0.2) is 47.8 Å². The number of hydrogen-bond acceptors (Lipinski definition) is 7. The zero-order valence-electron chi connectivity index (χ0n) is 20.8. The monoisotopic (exact) mass is 513 g/mol. The van der Waals surface area contributed by atoms with E-state index < -0.39 is 16.1 Å². The molecular weight excluding hydrogens is 478 g/mol. The van der Waals surface area contributed by atoms with Crippen molar-refractivity contribution in [2.24, 2.45) is 11.7 Å². The summed E-state index contributed by atoms with van der Waals surface area (Å²) >= 11 is 0. The lowest BCUT2D eigenvalue weighted by molar-refractivity contribution is -0.137. The molecule has 11 heteroatoms. The van der Waals surface area contributed by atoms with E-state index in [0.717, 1.165) is 23.8 Å². The molecule has 1 aliphatic heterocycles. The summed E-state index contributed by atoms with van der Waals surface area (Å²) in [5.74, 6) is 0.883. The number of rotatable bonds is 10. The van der Waals surface area contributed by atoms with Gasteiger partial charge in [0.2, 0.25) is 15.9 Å². The van der Waals surface area contributed by atoms with Crippen LogP contribution in [0.3, 0.4) is 0 Å². The Morgan fingerprint density at radius 2 is 2.14 bits per heavy atom. The number of nitrogens with one attached hydrogen (secondary N) is 3. The number of fused-ring (bicyclic) bond motifs is 1. The average Bonchev–Trinajstić information content (AvgIpc) is 3.38. The molecule has 10 nitrogen and oxygen atoms in total. The van der Waals surface area contributed by atoms with Gasteiger partial charge < -0.3 is 20.9 Å². The number of carbonyl (C=O) groups excluding carboxylic acids is 1. The fourth-order valence-corrected chi connectivity index (χ4v) is 5.97. The molecule has 2 aromatic heterocycles. The van der Waals surface area contributed by atoms with E-state index in [1.54, 1.807) is 35.6 Å². The molecule has 2 unspecified atom stereocenters. The fraction of sp³-hybridized carbons (Fsp3) is 0.480. The minimum Gasteiger partial charge on any atom is -0.356 e. The van der Waals surface area contributed by atoms with Crippen molar-refractivity contribution >= 4 is 32.8 Å². The number of imidazole rings is 1. The second-order valence-corrected chi connectivity index (χ2v) is 11.3. The van der Waals surface area contributed by atoms with Crippen molar-refractivity contribution in [3.63, 3.8) is 0 Å². The lowest BCUT2D eigenvalue weighted by Crippen LogP contribution is -2.56. The summed E-state index contributed by atoms with van der Waals surface area (Å²) in [6.07, 6.45) is 7.70. The van der Waals surface area contributed by atoms with Crippen molar-refractivity contribution in [3.05, 3.63) is 48.4 Å². The predicted octanol–water partition coefficient (Wildman–Crippen LogP) is 2.39. The molecule has 4 rings (SSSR count). The first-order valence-corrected chi connectivity index (χ1v) is 13.9. The maximum atomic E-state index is 13.7. The van der Waals surface area contributed by atoms with Crippen LogP contribution in [0.1, 0.15) is 38.2 Å². The third-order valence-corrected chi connectivity index (χ3v) is 8.16. The summed E-state index contributed by atoms with van der Waals surface area (Å²) in [5.41, 5.74) is 7.65. The second kappa shape index (κ2) is 11.4. The quantitative estimate of drug-likeness (QED) is 0.304. The van der Waals surface area contributed by atoms with Crippen LogP contribution in [0.5, 0.6) is 0 Å². The van der Waals surface area contributed by atoms with Gasteiger partial charge in [-0.15, -0.1) is 0 Å². The maximum Gasteiger partial charge on any atom is 0.241 e. The number of pyridine rings is 1. The predicted molar refractivity (Wildman–Crippen MR) is 140 cm³/mol. The van der Waals surface area contributed by atoms with Gasteiger partial charge in [-0.3, -0.25) is 9.78 Å². The molecule has 0 bridgehead atoms. The van der Waals surface area contributed by atoms with Crippen molar-refractivity contribution in [1.82, 2.24) is 24.6 Å². The number of nitrogens with two attached hydrogens (primary N) is 1. The first-order valence-electron chi connectivity index (χ1n) is 12.4. The normalized spacial score (nSPS) is 19.4. The van der Waals surface area contributed by atoms with E-state index in [4.69, 9.17) is 5.73 Å². The Labute approximate surface area is 212 Å². The van der Waals surface area contributed by atoms with E-state index >= 15 is 0 Å². The fourth-order valence-electron chi connectivity index (χ4n) is 4.72. The highest BCUT2D eigenvalue weighted by Crippen LogP contribution is 2.24. The highest BCUT2D eigenvalue weighted by atomic mass is 32.2. The second-order valence-electron chi connectivity index (χ2n) is 9.60. The Hall–Kier alpha value is -3.02. The minimum absolute atomic E-state index is 0.0933. The molecule has 1 aromatic carbocycles. The number of carbonyl (C=O) groups is 1. The molecule has 0 saturated carbocycles. The largest absolute Gasteiger partial charge is 0.356 e. The van der Waals surface area contributed by atoms with E-state index in [2.05, 4.69) is 31.9 Å². The highest BCUT2D eigenvalue weighted by molar-refractivity contribution is 7.89. The van der Waals surface area contributed by atoms with Gasteiger partial charge in [0.25, 0.3) is 0 Å². The van der Waals surface area contributed by atoms with Gasteiger partial charge >= 0.3 is 0 Å². The number of hydrogen-bond donors (Lipinski definition) is 4. The summed E-state index contributed by atoms with van der Waals surface area (Å²) < 4.78 is 29.6. The molecule has 3 heterocycles. The SMILES string of the molecule is Cc1cnc2ccc(S(=O)(=O)N[C@@H](CCCNc3ncc[nH]3)C(=O)N3CCC(C)CC3CN)cc2c1. The maximum absolute atomic E-state index is 13.7. The Balaban J connectivity index is 1.54. The Bertz CT molecular complexity index is 1280. The van der Waals surface area contributed by atoms with Crippen molar-refractivity contribution in [1.29, 1.82) is 0 Å². The molecule has 194 valence electrons. The molecule has 1 aliphatic rings. The van der Waals surface area contributed by atoms with Crippen LogP contribution in [0.25, 0.3) is 10.9 Å². The van der Waals surface area contributed by atoms with Crippen molar-refractivity contribution in [3.8, 4) is 0 Å². The molecule has 3 atom stereocenters. The topological polar surface area (TPSA) is 146 Å². The molecule has 1 saturated heterocycles. The van der Waals surface area contributed by atoms with Gasteiger partial charge in [-0.25, -0.2) is 13.4 Å². The molecule has 0 aliphatic carbocycles. The first-order chi connectivity index (χ1) is 17.3. The number of aryl methyl sites for hydroxylation is 1. The van der Waals surface area contributed by atoms with Gasteiger partial charge in [-0.05, 0) is 68.4 Å². The van der Waals surface area contributed by atoms with Crippen molar-refractivity contribution < 1.29 is 13.2 Å². The van der Waals surface area contributed by atoms with Gasteiger partial charge in [-0.1, -0.05) is 6.92 Å². The highest BCUT2D eigenvalue weighted by Gasteiger charge is 2.35. The number of nitrogens with zero attached hydrogens (tertiary/aromatic N) is 3.